The quantitative estimate of drug-likeness (QED) is 0.148. The molecule has 0 saturated carbocycles. The van der Waals surface area contributed by atoms with Gasteiger partial charge in [0, 0.05) is 123 Å². The third kappa shape index (κ3) is 11.3. The maximum atomic E-state index is 6.73. The molecule has 596 valence electrons. The highest BCUT2D eigenvalue weighted by Gasteiger charge is 2.29. The van der Waals surface area contributed by atoms with E-state index < -0.39 is 0 Å². The average Bonchev–Trinajstić information content (AvgIpc) is 1.55. The zero-order valence-corrected chi connectivity index (χ0v) is 68.7. The lowest BCUT2D eigenvalue weighted by Gasteiger charge is -2.13. The molecule has 0 fully saturated rings. The number of benzene rings is 17. The van der Waals surface area contributed by atoms with Crippen molar-refractivity contribution in [2.75, 3.05) is 0 Å². The molecule has 0 saturated heterocycles. The van der Waals surface area contributed by atoms with E-state index in [1.807, 2.05) is 60.9 Å². The predicted octanol–water partition coefficient (Wildman–Crippen LogP) is 31.1. The van der Waals surface area contributed by atoms with Gasteiger partial charge in [0.2, 0.25) is 0 Å². The Hall–Kier alpha value is -17.4. The lowest BCUT2D eigenvalue weighted by atomic mass is 9.99. The third-order valence-corrected chi connectivity index (χ3v) is 25.7. The largest absolute Gasteiger partial charge is 0.454 e. The van der Waals surface area contributed by atoms with E-state index in [4.69, 9.17) is 28.2 Å². The van der Waals surface area contributed by atoms with Crippen LogP contribution in [0, 0.1) is 0 Å². The van der Waals surface area contributed by atoms with Crippen molar-refractivity contribution in [3.05, 3.63) is 425 Å². The van der Waals surface area contributed by atoms with Gasteiger partial charge in [0.25, 0.3) is 0 Å². The van der Waals surface area contributed by atoms with Gasteiger partial charge in [-0.3, -0.25) is 19.1 Å². The fourth-order valence-electron chi connectivity index (χ4n) is 20.2. The Kier molecular flexibility index (Phi) is 16.4. The number of rotatable bonds is 8. The van der Waals surface area contributed by atoms with Crippen LogP contribution < -0.4 is 0 Å². The summed E-state index contributed by atoms with van der Waals surface area (Å²) in [6.07, 6.45) is 7.27. The fraction of sp³-hybridized carbons (Fsp3) is 0. The van der Waals surface area contributed by atoms with Crippen LogP contribution in [0.4, 0.5) is 0 Å². The highest BCUT2D eigenvalue weighted by molar-refractivity contribution is 6.38. The van der Waals surface area contributed by atoms with E-state index in [-0.39, 0.29) is 0 Å². The van der Waals surface area contributed by atoms with Crippen molar-refractivity contribution in [1.29, 1.82) is 0 Å². The summed E-state index contributed by atoms with van der Waals surface area (Å²) in [5.41, 5.74) is 24.2. The molecule has 28 aromatic rings. The molecule has 17 aromatic carbocycles. The van der Waals surface area contributed by atoms with Crippen molar-refractivity contribution in [1.82, 2.24) is 38.6 Å². The number of pyridine rings is 5. The summed E-state index contributed by atoms with van der Waals surface area (Å²) < 4.78 is 27.1. The van der Waals surface area contributed by atoms with E-state index in [1.54, 1.807) is 12.4 Å². The molecule has 0 spiro atoms. The molecule has 0 atom stereocenters. The lowest BCUT2D eigenvalue weighted by molar-refractivity contribution is 0.671. The molecule has 28 rings (SSSR count). The molecular weight excluding hydrogens is 1570 g/mol. The average molecular weight is 1640 g/mol. The molecule has 0 amide bonds. The van der Waals surface area contributed by atoms with Crippen molar-refractivity contribution in [3.63, 3.8) is 0 Å². The van der Waals surface area contributed by atoms with Crippen molar-refractivity contribution in [2.45, 2.75) is 0 Å². The van der Waals surface area contributed by atoms with Gasteiger partial charge in [0.1, 0.15) is 28.4 Å². The number of fused-ring (bicyclic) bond motifs is 32. The molecule has 11 nitrogen and oxygen atoms in total. The van der Waals surface area contributed by atoms with Gasteiger partial charge in [-0.25, -0.2) is 15.0 Å². The second-order valence-electron chi connectivity index (χ2n) is 32.8. The molecule has 0 unspecified atom stereocenters. The monoisotopic (exact) mass is 1630 g/mol. The number of hydrogen-bond donors (Lipinski definition) is 0. The van der Waals surface area contributed by atoms with Gasteiger partial charge in [-0.2, -0.15) is 0 Å². The zero-order chi connectivity index (χ0) is 84.0. The lowest BCUT2D eigenvalue weighted by Crippen LogP contribution is -2.00. The van der Waals surface area contributed by atoms with Gasteiger partial charge in [-0.15, -0.1) is 0 Å². The predicted molar refractivity (Wildman–Crippen MR) is 528 cm³/mol. The Labute approximate surface area is 730 Å². The molecule has 0 bridgehead atoms. The van der Waals surface area contributed by atoms with Crippen molar-refractivity contribution in [2.24, 2.45) is 0 Å². The van der Waals surface area contributed by atoms with Crippen LogP contribution in [0.3, 0.4) is 0 Å². The van der Waals surface area contributed by atoms with Crippen LogP contribution in [0.1, 0.15) is 0 Å². The van der Waals surface area contributed by atoms with Crippen LogP contribution in [0.15, 0.2) is 438 Å². The van der Waals surface area contributed by atoms with Gasteiger partial charge in [0.15, 0.2) is 16.7 Å². The van der Waals surface area contributed by atoms with Gasteiger partial charge >= 0.3 is 0 Å². The van der Waals surface area contributed by atoms with Crippen LogP contribution in [-0.2, 0) is 0 Å². The summed E-state index contributed by atoms with van der Waals surface area (Å²) in [5, 5.41) is 24.7. The molecule has 0 N–H and O–H groups in total. The fourth-order valence-corrected chi connectivity index (χ4v) is 20.2. The topological polar surface area (TPSA) is 119 Å². The molecular formula is C117H70N8O3. The van der Waals surface area contributed by atoms with Crippen molar-refractivity contribution < 1.29 is 13.3 Å². The Morgan fingerprint density at radius 1 is 0.219 bits per heavy atom. The van der Waals surface area contributed by atoms with E-state index >= 15 is 0 Å². The van der Waals surface area contributed by atoms with E-state index in [1.165, 1.54) is 70.2 Å². The number of furan rings is 3. The number of nitrogens with zero attached hydrogens (tertiary/aromatic N) is 8. The van der Waals surface area contributed by atoms with Gasteiger partial charge in [-0.05, 0) is 163 Å². The minimum Gasteiger partial charge on any atom is -0.454 e. The molecule has 11 aromatic heterocycles. The summed E-state index contributed by atoms with van der Waals surface area (Å²) in [4.78, 5) is 24.3. The van der Waals surface area contributed by atoms with Gasteiger partial charge in [-0.1, -0.05) is 297 Å². The van der Waals surface area contributed by atoms with E-state index in [0.717, 1.165) is 188 Å². The maximum Gasteiger partial charge on any atom is 0.160 e. The minimum absolute atomic E-state index is 0.866. The van der Waals surface area contributed by atoms with Crippen molar-refractivity contribution in [3.8, 4) is 73.3 Å². The number of hydrogen-bond acceptors (Lipinski definition) is 8. The zero-order valence-electron chi connectivity index (χ0n) is 68.7. The summed E-state index contributed by atoms with van der Waals surface area (Å²) in [5.74, 6) is 1.75. The maximum absolute atomic E-state index is 6.73. The summed E-state index contributed by atoms with van der Waals surface area (Å²) >= 11 is 0. The summed E-state index contributed by atoms with van der Waals surface area (Å²) in [6, 6.07) is 140. The van der Waals surface area contributed by atoms with Gasteiger partial charge < -0.3 is 17.8 Å². The van der Waals surface area contributed by atoms with Crippen LogP contribution in [-0.4, -0.2) is 38.6 Å². The SMILES string of the molecule is c1ccc(-c2cc(-n3c4ccccc4c4c5ccccc5c5c6ccccc6oc5c43)nc3ccccc23)cc1.c1ccc(-c2nc(-n3c4ccccc4c4c5ccccc5c5c6ccccc6oc5c43)cc3ccccc23)cc1.c1cncc(-c2cc(-c3ccc(-n4c5ccccc5c5c6ccccc6c6c7ccccc7oc6c54)cc3)cc(-c3cccnc3)n2)c1. The molecule has 0 aliphatic heterocycles. The molecule has 128 heavy (non-hydrogen) atoms. The van der Waals surface area contributed by atoms with Gasteiger partial charge in [0.05, 0.1) is 55.7 Å². The number of para-hydroxylation sites is 7. The van der Waals surface area contributed by atoms with E-state index in [0.29, 0.717) is 0 Å². The van der Waals surface area contributed by atoms with Crippen LogP contribution >= 0.6 is 0 Å². The second-order valence-corrected chi connectivity index (χ2v) is 32.8. The normalized spacial score (nSPS) is 11.9. The summed E-state index contributed by atoms with van der Waals surface area (Å²) in [6.45, 7) is 0. The molecule has 0 aliphatic carbocycles. The van der Waals surface area contributed by atoms with Crippen LogP contribution in [0.2, 0.25) is 0 Å². The van der Waals surface area contributed by atoms with Crippen LogP contribution in [0.5, 0.6) is 0 Å². The first-order valence-corrected chi connectivity index (χ1v) is 43.2. The minimum atomic E-state index is 0.866. The second kappa shape index (κ2) is 29.1. The molecule has 0 aliphatic rings. The highest BCUT2D eigenvalue weighted by Crippen LogP contribution is 2.51. The first kappa shape index (κ1) is 72.2. The Morgan fingerprint density at radius 2 is 0.578 bits per heavy atom. The first-order chi connectivity index (χ1) is 63.5. The van der Waals surface area contributed by atoms with E-state index in [9.17, 15) is 0 Å². The highest BCUT2D eigenvalue weighted by atomic mass is 16.3. The molecule has 0 radical (unpaired) electrons. The summed E-state index contributed by atoms with van der Waals surface area (Å²) in [7, 11) is 0. The Morgan fingerprint density at radius 3 is 1.04 bits per heavy atom. The number of aromatic nitrogens is 8. The van der Waals surface area contributed by atoms with E-state index in [2.05, 4.69) is 376 Å². The molecule has 11 heterocycles. The first-order valence-electron chi connectivity index (χ1n) is 43.2. The molecule has 11 heteroatoms. The third-order valence-electron chi connectivity index (χ3n) is 25.7. The standard InChI is InChI=1S/C43H26N4O.2C37H22N2O/c1-2-12-33-32(11-1)40-34-13-3-5-15-38(34)47(42(40)43-41(33)35-14-4-6-16-39(35)48-43)31-19-17-27(18-20-31)30-23-36(28-9-7-21-44-25-28)46-37(24-30)29-10-8-22-45-26-29;1-2-12-23(13-3-1)29-22-33(38-30-19-9-6-14-24(29)30)39-31-20-10-7-17-27(31)34-25-15-4-5-16-26(25)35-28-18-8-11-21-32(28)40-37(35)36(34)39;1-2-12-23(13-3-1)35-25-15-5-4-14-24(25)22-32(38-35)39-30-20-10-8-18-28(30)33-26-16-6-7-17-27(26)34-29-19-9-11-21-31(29)40-37(34)36(33)39/h1-26H;2*1-22H. The van der Waals surface area contributed by atoms with Crippen molar-refractivity contribution >= 4 is 185 Å². The Bertz CT molecular complexity index is 8990. The Balaban J connectivity index is 0.000000102. The van der Waals surface area contributed by atoms with Crippen LogP contribution in [0.25, 0.3) is 259 Å². The smallest absolute Gasteiger partial charge is 0.160 e.